The zero-order chi connectivity index (χ0) is 14.2. The summed E-state index contributed by atoms with van der Waals surface area (Å²) >= 11 is 5.94. The first-order valence-electron chi connectivity index (χ1n) is 5.67. The summed E-state index contributed by atoms with van der Waals surface area (Å²) in [7, 11) is 0. The molecule has 3 N–H and O–H groups in total. The number of aromatic hydroxyl groups is 1. The van der Waals surface area contributed by atoms with Gasteiger partial charge in [-0.15, -0.1) is 0 Å². The Hall–Kier alpha value is -1.79. The van der Waals surface area contributed by atoms with Crippen LogP contribution in [-0.4, -0.2) is 28.1 Å². The smallest absolute Gasteiger partial charge is 0.284 e. The lowest BCUT2D eigenvalue weighted by Crippen LogP contribution is -2.35. The van der Waals surface area contributed by atoms with Crippen molar-refractivity contribution >= 4 is 23.3 Å². The van der Waals surface area contributed by atoms with E-state index in [1.54, 1.807) is 6.92 Å². The number of ketones is 1. The van der Waals surface area contributed by atoms with E-state index in [9.17, 15) is 14.7 Å². The predicted octanol–water partition coefficient (Wildman–Crippen LogP) is 1.45. The fourth-order valence-corrected chi connectivity index (χ4v) is 2.23. The minimum atomic E-state index is -0.927. The average molecular weight is 286 g/mol. The molecule has 7 heteroatoms. The van der Waals surface area contributed by atoms with Gasteiger partial charge in [0, 0.05) is 18.4 Å². The molecular weight excluding hydrogens is 274 g/mol. The third kappa shape index (κ3) is 2.24. The van der Waals surface area contributed by atoms with Gasteiger partial charge in [0.2, 0.25) is 0 Å². The van der Waals surface area contributed by atoms with E-state index in [4.69, 9.17) is 21.5 Å². The molecule has 6 nitrogen and oxygen atoms in total. The Morgan fingerprint density at radius 1 is 1.58 bits per heavy atom. The molecule has 0 bridgehead atoms. The average Bonchev–Trinajstić information content (AvgIpc) is 2.85. The normalized spacial score (nSPS) is 16.7. The highest BCUT2D eigenvalue weighted by molar-refractivity contribution is 6.34. The highest BCUT2D eigenvalue weighted by atomic mass is 35.5. The van der Waals surface area contributed by atoms with Gasteiger partial charge in [-0.2, -0.15) is 0 Å². The highest BCUT2D eigenvalue weighted by Crippen LogP contribution is 2.43. The van der Waals surface area contributed by atoms with E-state index < -0.39 is 12.0 Å². The molecule has 1 unspecified atom stereocenters. The lowest BCUT2D eigenvalue weighted by Gasteiger charge is -2.10. The number of fused-ring (bicyclic) bond motifs is 1. The Labute approximate surface area is 113 Å². The molecule has 1 amide bonds. The molecule has 1 aliphatic heterocycles. The molecule has 0 radical (unpaired) electrons. The summed E-state index contributed by atoms with van der Waals surface area (Å²) in [4.78, 5) is 23.0. The number of halogens is 1. The zero-order valence-corrected chi connectivity index (χ0v) is 10.8. The number of phenolic OH excluding ortho intramolecular Hbond substituents is 1. The Bertz CT molecular complexity index is 558. The number of hydroxylamine groups is 1. The van der Waals surface area contributed by atoms with Crippen molar-refractivity contribution < 1.29 is 24.6 Å². The van der Waals surface area contributed by atoms with Crippen LogP contribution in [0.1, 0.15) is 29.3 Å². The van der Waals surface area contributed by atoms with Gasteiger partial charge in [0.1, 0.15) is 16.5 Å². The molecule has 19 heavy (non-hydrogen) atoms. The van der Waals surface area contributed by atoms with Crippen LogP contribution < -0.4 is 10.2 Å². The van der Waals surface area contributed by atoms with Crippen LogP contribution in [0.5, 0.6) is 11.5 Å². The second kappa shape index (κ2) is 5.07. The molecule has 0 saturated carbocycles. The molecule has 1 aliphatic rings. The second-order valence-corrected chi connectivity index (χ2v) is 4.52. The fourth-order valence-electron chi connectivity index (χ4n) is 1.96. The van der Waals surface area contributed by atoms with Gasteiger partial charge in [-0.05, 0) is 6.07 Å². The molecule has 102 valence electrons. The van der Waals surface area contributed by atoms with E-state index in [1.165, 1.54) is 11.5 Å². The van der Waals surface area contributed by atoms with Crippen molar-refractivity contribution in [2.45, 2.75) is 25.9 Å². The topological polar surface area (TPSA) is 95.9 Å². The van der Waals surface area contributed by atoms with E-state index in [1.807, 2.05) is 0 Å². The quantitative estimate of drug-likeness (QED) is 0.444. The number of carbonyl (C=O) groups is 2. The summed E-state index contributed by atoms with van der Waals surface area (Å²) < 4.78 is 5.26. The van der Waals surface area contributed by atoms with Gasteiger partial charge in [0.15, 0.2) is 11.9 Å². The van der Waals surface area contributed by atoms with Crippen molar-refractivity contribution in [2.75, 3.05) is 0 Å². The molecule has 0 saturated heterocycles. The van der Waals surface area contributed by atoms with Crippen LogP contribution in [0.3, 0.4) is 0 Å². The van der Waals surface area contributed by atoms with E-state index >= 15 is 0 Å². The van der Waals surface area contributed by atoms with Crippen molar-refractivity contribution in [3.05, 3.63) is 22.2 Å². The van der Waals surface area contributed by atoms with Crippen LogP contribution in [0, 0.1) is 0 Å². The molecule has 0 spiro atoms. The Balaban J connectivity index is 2.43. The van der Waals surface area contributed by atoms with Gasteiger partial charge in [-0.1, -0.05) is 18.5 Å². The summed E-state index contributed by atoms with van der Waals surface area (Å²) in [6.07, 6.45) is -0.528. The first-order chi connectivity index (χ1) is 8.99. The molecule has 1 aromatic rings. The summed E-state index contributed by atoms with van der Waals surface area (Å²) in [5, 5.41) is 18.3. The van der Waals surface area contributed by atoms with Crippen molar-refractivity contribution in [3.8, 4) is 11.5 Å². The number of carbonyl (C=O) groups excluding carboxylic acids is 2. The number of hydrogen-bond acceptors (Lipinski definition) is 5. The SMILES string of the molecule is CCC(=O)c1cc2c(c(Cl)c1O)OC(C(=O)NO)C2. The first kappa shape index (κ1) is 13.6. The summed E-state index contributed by atoms with van der Waals surface area (Å²) in [5.41, 5.74) is 2.15. The number of hydrogen-bond donors (Lipinski definition) is 3. The standard InChI is InChI=1S/C12H12ClNO5/c1-2-7(15)6-3-5-4-8(12(17)14-18)19-11(5)9(13)10(6)16/h3,8,16,18H,2,4H2,1H3,(H,14,17). The van der Waals surface area contributed by atoms with Crippen LogP contribution in [0.25, 0.3) is 0 Å². The van der Waals surface area contributed by atoms with Crippen LogP contribution in [-0.2, 0) is 11.2 Å². The molecule has 1 aromatic carbocycles. The molecule has 0 fully saturated rings. The molecule has 1 heterocycles. The van der Waals surface area contributed by atoms with E-state index in [0.717, 1.165) is 0 Å². The predicted molar refractivity (Wildman–Crippen MR) is 65.8 cm³/mol. The summed E-state index contributed by atoms with van der Waals surface area (Å²) in [6.45, 7) is 1.67. The summed E-state index contributed by atoms with van der Waals surface area (Å²) in [5.74, 6) is -1.15. The Morgan fingerprint density at radius 2 is 2.26 bits per heavy atom. The van der Waals surface area contributed by atoms with Crippen molar-refractivity contribution in [3.63, 3.8) is 0 Å². The van der Waals surface area contributed by atoms with E-state index in [-0.39, 0.29) is 40.7 Å². The minimum Gasteiger partial charge on any atom is -0.505 e. The maximum Gasteiger partial charge on any atom is 0.284 e. The highest BCUT2D eigenvalue weighted by Gasteiger charge is 2.33. The number of amides is 1. The zero-order valence-electron chi connectivity index (χ0n) is 10.1. The van der Waals surface area contributed by atoms with Gasteiger partial charge in [0.05, 0.1) is 5.56 Å². The van der Waals surface area contributed by atoms with E-state index in [2.05, 4.69) is 0 Å². The monoisotopic (exact) mass is 285 g/mol. The maximum atomic E-state index is 11.7. The number of rotatable bonds is 3. The summed E-state index contributed by atoms with van der Waals surface area (Å²) in [6, 6.07) is 1.47. The van der Waals surface area contributed by atoms with Crippen LogP contribution in [0.15, 0.2) is 6.07 Å². The molecule has 0 aromatic heterocycles. The van der Waals surface area contributed by atoms with Gasteiger partial charge in [-0.3, -0.25) is 14.8 Å². The largest absolute Gasteiger partial charge is 0.505 e. The number of nitrogens with one attached hydrogen (secondary N) is 1. The minimum absolute atomic E-state index is 0.0949. The number of ether oxygens (including phenoxy) is 1. The lowest BCUT2D eigenvalue weighted by atomic mass is 10.0. The van der Waals surface area contributed by atoms with Crippen LogP contribution >= 0.6 is 11.6 Å². The number of phenols is 1. The Morgan fingerprint density at radius 3 is 2.84 bits per heavy atom. The van der Waals surface area contributed by atoms with Gasteiger partial charge < -0.3 is 9.84 Å². The van der Waals surface area contributed by atoms with Crippen LogP contribution in [0.4, 0.5) is 0 Å². The lowest BCUT2D eigenvalue weighted by molar-refractivity contribution is -0.135. The third-order valence-corrected chi connectivity index (χ3v) is 3.31. The molecule has 1 atom stereocenters. The fraction of sp³-hybridized carbons (Fsp3) is 0.333. The molecule has 0 aliphatic carbocycles. The number of benzene rings is 1. The van der Waals surface area contributed by atoms with Crippen molar-refractivity contribution in [2.24, 2.45) is 0 Å². The Kier molecular flexibility index (Phi) is 3.64. The van der Waals surface area contributed by atoms with Gasteiger partial charge in [-0.25, -0.2) is 5.48 Å². The van der Waals surface area contributed by atoms with Crippen LogP contribution in [0.2, 0.25) is 5.02 Å². The molecule has 2 rings (SSSR count). The molecular formula is C12H12ClNO5. The first-order valence-corrected chi connectivity index (χ1v) is 6.05. The van der Waals surface area contributed by atoms with Gasteiger partial charge >= 0.3 is 0 Å². The van der Waals surface area contributed by atoms with Gasteiger partial charge in [0.25, 0.3) is 5.91 Å². The van der Waals surface area contributed by atoms with Crippen molar-refractivity contribution in [1.29, 1.82) is 0 Å². The van der Waals surface area contributed by atoms with Crippen molar-refractivity contribution in [1.82, 2.24) is 5.48 Å². The second-order valence-electron chi connectivity index (χ2n) is 4.14. The third-order valence-electron chi connectivity index (χ3n) is 2.96. The van der Waals surface area contributed by atoms with E-state index in [0.29, 0.717) is 5.56 Å². The number of Topliss-reactive ketones (excluding diaryl/α,β-unsaturated/α-hetero) is 1. The maximum absolute atomic E-state index is 11.7.